The Morgan fingerprint density at radius 2 is 1.86 bits per heavy atom. The Balaban J connectivity index is 0.00000392. The van der Waals surface area contributed by atoms with Crippen LogP contribution >= 0.6 is 24.0 Å². The van der Waals surface area contributed by atoms with Crippen LogP contribution in [-0.4, -0.2) is 31.5 Å². The van der Waals surface area contributed by atoms with E-state index in [1.807, 2.05) is 19.9 Å². The largest absolute Gasteiger partial charge is 0.459 e. The van der Waals surface area contributed by atoms with Crippen molar-refractivity contribution in [1.29, 1.82) is 0 Å². The fourth-order valence-corrected chi connectivity index (χ4v) is 2.43. The predicted molar refractivity (Wildman–Crippen MR) is 120 cm³/mol. The van der Waals surface area contributed by atoms with Gasteiger partial charge in [-0.05, 0) is 50.5 Å². The van der Waals surface area contributed by atoms with E-state index in [0.29, 0.717) is 36.9 Å². The molecule has 1 amide bonds. The number of aliphatic imine (C=N–C) groups is 1. The topological polar surface area (TPSA) is 78.7 Å². The van der Waals surface area contributed by atoms with E-state index in [1.54, 1.807) is 19.1 Å². The lowest BCUT2D eigenvalue weighted by atomic mass is 10.1. The number of carbonyl (C=O) groups is 1. The van der Waals surface area contributed by atoms with Gasteiger partial charge in [-0.2, -0.15) is 0 Å². The second-order valence-corrected chi connectivity index (χ2v) is 6.25. The summed E-state index contributed by atoms with van der Waals surface area (Å²) in [5.41, 5.74) is 2.26. The molecule has 3 N–H and O–H groups in total. The smallest absolute Gasteiger partial charge is 0.287 e. The fourth-order valence-electron chi connectivity index (χ4n) is 2.43. The minimum atomic E-state index is -0.219. The van der Waals surface area contributed by atoms with Crippen LogP contribution in [0.5, 0.6) is 0 Å². The first-order chi connectivity index (χ1) is 13.0. The van der Waals surface area contributed by atoms with Crippen molar-refractivity contribution in [3.8, 4) is 0 Å². The summed E-state index contributed by atoms with van der Waals surface area (Å²) >= 11 is 0. The Hall–Kier alpha value is -2.10. The van der Waals surface area contributed by atoms with Crippen molar-refractivity contribution in [2.45, 2.75) is 33.7 Å². The summed E-state index contributed by atoms with van der Waals surface area (Å²) in [6.45, 7) is 7.83. The molecule has 1 aromatic carbocycles. The number of amides is 1. The summed E-state index contributed by atoms with van der Waals surface area (Å²) in [6, 6.07) is 6.89. The van der Waals surface area contributed by atoms with Gasteiger partial charge in [-0.15, -0.1) is 24.0 Å². The molecule has 0 bridgehead atoms. The van der Waals surface area contributed by atoms with E-state index in [2.05, 4.69) is 20.9 Å². The predicted octanol–water partition coefficient (Wildman–Crippen LogP) is 3.53. The van der Waals surface area contributed by atoms with Crippen molar-refractivity contribution in [1.82, 2.24) is 16.0 Å². The molecule has 0 atom stereocenters. The van der Waals surface area contributed by atoms with Gasteiger partial charge in [-0.3, -0.25) is 4.79 Å². The second-order valence-electron chi connectivity index (χ2n) is 6.25. The van der Waals surface area contributed by atoms with Crippen molar-refractivity contribution in [3.05, 3.63) is 58.8 Å². The van der Waals surface area contributed by atoms with Gasteiger partial charge in [0.1, 0.15) is 5.82 Å². The number of aryl methyl sites for hydroxylation is 2. The first kappa shape index (κ1) is 23.9. The number of nitrogens with zero attached hydrogens (tertiary/aromatic N) is 1. The minimum absolute atomic E-state index is 0. The van der Waals surface area contributed by atoms with E-state index >= 15 is 0 Å². The number of halogens is 2. The highest BCUT2D eigenvalue weighted by Gasteiger charge is 2.11. The quantitative estimate of drug-likeness (QED) is 0.224. The Kier molecular flexibility index (Phi) is 10.6. The first-order valence-electron chi connectivity index (χ1n) is 9.10. The van der Waals surface area contributed by atoms with Crippen LogP contribution in [0, 0.1) is 19.7 Å². The van der Waals surface area contributed by atoms with Crippen molar-refractivity contribution < 1.29 is 13.6 Å². The molecule has 0 aliphatic carbocycles. The molecule has 0 unspecified atom stereocenters. The zero-order valence-electron chi connectivity index (χ0n) is 16.5. The van der Waals surface area contributed by atoms with Gasteiger partial charge in [0.2, 0.25) is 0 Å². The third kappa shape index (κ3) is 7.49. The first-order valence-corrected chi connectivity index (χ1v) is 9.10. The van der Waals surface area contributed by atoms with Gasteiger partial charge in [0.15, 0.2) is 11.7 Å². The van der Waals surface area contributed by atoms with Gasteiger partial charge >= 0.3 is 0 Å². The van der Waals surface area contributed by atoms with Crippen LogP contribution in [0.3, 0.4) is 0 Å². The van der Waals surface area contributed by atoms with Crippen LogP contribution in [0.15, 0.2) is 39.9 Å². The summed E-state index contributed by atoms with van der Waals surface area (Å²) < 4.78 is 18.8. The minimum Gasteiger partial charge on any atom is -0.459 e. The molecule has 0 saturated heterocycles. The van der Waals surface area contributed by atoms with Gasteiger partial charge in [0.05, 0.1) is 12.8 Å². The average molecular weight is 502 g/mol. The van der Waals surface area contributed by atoms with Gasteiger partial charge in [-0.25, -0.2) is 9.38 Å². The van der Waals surface area contributed by atoms with Crippen LogP contribution in [0.25, 0.3) is 0 Å². The lowest BCUT2D eigenvalue weighted by Gasteiger charge is -2.11. The van der Waals surface area contributed by atoms with Crippen LogP contribution < -0.4 is 16.0 Å². The molecule has 0 fully saturated rings. The van der Waals surface area contributed by atoms with Gasteiger partial charge in [-0.1, -0.05) is 12.1 Å². The summed E-state index contributed by atoms with van der Waals surface area (Å²) in [7, 11) is 0. The highest BCUT2D eigenvalue weighted by Crippen LogP contribution is 2.10. The molecule has 0 saturated carbocycles. The number of carbonyl (C=O) groups excluding carboxylic acids is 1. The molecule has 8 heteroatoms. The second kappa shape index (κ2) is 12.4. The number of furan rings is 1. The lowest BCUT2D eigenvalue weighted by molar-refractivity contribution is 0.0925. The van der Waals surface area contributed by atoms with Gasteiger partial charge < -0.3 is 20.4 Å². The Labute approximate surface area is 182 Å². The van der Waals surface area contributed by atoms with E-state index < -0.39 is 0 Å². The van der Waals surface area contributed by atoms with Gasteiger partial charge in [0.25, 0.3) is 5.91 Å². The number of hydrogen-bond donors (Lipinski definition) is 3. The van der Waals surface area contributed by atoms with E-state index in [4.69, 9.17) is 4.42 Å². The molecule has 0 aliphatic heterocycles. The summed E-state index contributed by atoms with van der Waals surface area (Å²) in [6.07, 6.45) is 2.24. The third-order valence-electron chi connectivity index (χ3n) is 4.00. The van der Waals surface area contributed by atoms with Crippen LogP contribution in [0.1, 0.15) is 40.6 Å². The molecule has 2 rings (SSSR count). The van der Waals surface area contributed by atoms with Crippen molar-refractivity contribution in [3.63, 3.8) is 0 Å². The van der Waals surface area contributed by atoms with Crippen molar-refractivity contribution in [2.24, 2.45) is 4.99 Å². The monoisotopic (exact) mass is 502 g/mol. The molecule has 0 spiro atoms. The highest BCUT2D eigenvalue weighted by molar-refractivity contribution is 14.0. The molecule has 0 radical (unpaired) electrons. The SMILES string of the molecule is CCNC(=NCc1ccc(C)c(F)c1)NCCCNC(=O)c1occc1C.I. The molecule has 6 nitrogen and oxygen atoms in total. The van der Waals surface area contributed by atoms with Crippen molar-refractivity contribution in [2.75, 3.05) is 19.6 Å². The van der Waals surface area contributed by atoms with Crippen molar-refractivity contribution >= 4 is 35.8 Å². The Morgan fingerprint density at radius 1 is 1.11 bits per heavy atom. The van der Waals surface area contributed by atoms with Crippen LogP contribution in [-0.2, 0) is 6.54 Å². The molecule has 0 aliphatic rings. The maximum atomic E-state index is 13.6. The lowest BCUT2D eigenvalue weighted by Crippen LogP contribution is -2.38. The Morgan fingerprint density at radius 3 is 2.50 bits per heavy atom. The van der Waals surface area contributed by atoms with Crippen LogP contribution in [0.4, 0.5) is 4.39 Å². The normalized spacial score (nSPS) is 10.9. The standard InChI is InChI=1S/C20H27FN4O2.HI/c1-4-22-20(25-13-16-7-6-14(2)17(21)12-16)24-10-5-9-23-19(26)18-15(3)8-11-27-18;/h6-8,11-12H,4-5,9-10,13H2,1-3H3,(H,23,26)(H2,22,24,25);1H. The maximum absolute atomic E-state index is 13.6. The number of guanidine groups is 1. The average Bonchev–Trinajstić information content (AvgIpc) is 3.08. The molecule has 1 aromatic heterocycles. The van der Waals surface area contributed by atoms with E-state index in [1.165, 1.54) is 12.3 Å². The Bertz CT molecular complexity index is 792. The summed E-state index contributed by atoms with van der Waals surface area (Å²) in [5, 5.41) is 9.18. The molecular formula is C20H28FIN4O2. The zero-order chi connectivity index (χ0) is 19.6. The van der Waals surface area contributed by atoms with E-state index in [9.17, 15) is 9.18 Å². The highest BCUT2D eigenvalue weighted by atomic mass is 127. The fraction of sp³-hybridized carbons (Fsp3) is 0.400. The summed E-state index contributed by atoms with van der Waals surface area (Å²) in [5.74, 6) is 0.581. The number of nitrogens with one attached hydrogen (secondary N) is 3. The zero-order valence-corrected chi connectivity index (χ0v) is 18.8. The van der Waals surface area contributed by atoms with Crippen LogP contribution in [0.2, 0.25) is 0 Å². The van der Waals surface area contributed by atoms with Gasteiger partial charge in [0, 0.05) is 25.2 Å². The van der Waals surface area contributed by atoms with E-state index in [-0.39, 0.29) is 35.7 Å². The maximum Gasteiger partial charge on any atom is 0.287 e. The number of benzene rings is 1. The third-order valence-corrected chi connectivity index (χ3v) is 4.00. The van der Waals surface area contributed by atoms with E-state index in [0.717, 1.165) is 24.1 Å². The summed E-state index contributed by atoms with van der Waals surface area (Å²) in [4.78, 5) is 16.4. The molecule has 154 valence electrons. The molecule has 1 heterocycles. The molecule has 28 heavy (non-hydrogen) atoms. The molecule has 2 aromatic rings. The number of rotatable bonds is 8. The number of hydrogen-bond acceptors (Lipinski definition) is 3. The molecular weight excluding hydrogens is 474 g/mol.